The number of nitrogens with zero attached hydrogens (tertiary/aromatic N) is 3. The van der Waals surface area contributed by atoms with Crippen LogP contribution >= 0.6 is 11.8 Å². The van der Waals surface area contributed by atoms with Gasteiger partial charge in [0, 0.05) is 40.5 Å². The van der Waals surface area contributed by atoms with E-state index >= 15 is 0 Å². The van der Waals surface area contributed by atoms with Crippen molar-refractivity contribution in [2.75, 3.05) is 4.90 Å². The van der Waals surface area contributed by atoms with Crippen LogP contribution in [0.1, 0.15) is 58.6 Å². The Kier molecular flexibility index (Phi) is 7.74. The minimum absolute atomic E-state index is 0.0129. The first-order valence-corrected chi connectivity index (χ1v) is 14.6. The molecule has 0 saturated heterocycles. The van der Waals surface area contributed by atoms with Crippen molar-refractivity contribution in [3.8, 4) is 6.07 Å². The Balaban J connectivity index is 1.66. The van der Waals surface area contributed by atoms with Gasteiger partial charge in [-0.05, 0) is 74.9 Å². The molecule has 1 aliphatic carbocycles. The maximum atomic E-state index is 13.7. The van der Waals surface area contributed by atoms with Gasteiger partial charge in [-0.2, -0.15) is 5.26 Å². The lowest BCUT2D eigenvalue weighted by Crippen LogP contribution is -2.39. The van der Waals surface area contributed by atoms with Gasteiger partial charge in [-0.1, -0.05) is 41.5 Å². The Morgan fingerprint density at radius 1 is 1.05 bits per heavy atom. The van der Waals surface area contributed by atoms with Crippen LogP contribution in [-0.4, -0.2) is 10.7 Å². The van der Waals surface area contributed by atoms with Crippen LogP contribution in [0.25, 0.3) is 0 Å². The standard InChI is InChI=1S/C33H32N4O3S/c1-19-8-12-25(13-9-19)41-18-23-14-20(2)15-26(22(23)4)31-27(17-34)33(35)36(28-6-5-7-30(38)32(28)31)29-16-24(37(39)40)11-10-21(29)3/h8-16,31H,5-7,18,35H2,1-4H3. The van der Waals surface area contributed by atoms with Crippen molar-refractivity contribution in [3.05, 3.63) is 121 Å². The van der Waals surface area contributed by atoms with Crippen molar-refractivity contribution in [3.63, 3.8) is 0 Å². The van der Waals surface area contributed by atoms with E-state index in [2.05, 4.69) is 56.3 Å². The number of anilines is 1. The molecule has 0 radical (unpaired) electrons. The molecule has 7 nitrogen and oxygen atoms in total. The molecule has 0 aromatic heterocycles. The monoisotopic (exact) mass is 564 g/mol. The highest BCUT2D eigenvalue weighted by Crippen LogP contribution is 2.48. The smallest absolute Gasteiger partial charge is 0.271 e. The number of nitro benzene ring substituents is 1. The predicted octanol–water partition coefficient (Wildman–Crippen LogP) is 7.43. The molecule has 0 saturated carbocycles. The summed E-state index contributed by atoms with van der Waals surface area (Å²) in [6.45, 7) is 7.99. The van der Waals surface area contributed by atoms with Gasteiger partial charge in [-0.25, -0.2) is 0 Å². The van der Waals surface area contributed by atoms with E-state index in [-0.39, 0.29) is 22.9 Å². The van der Waals surface area contributed by atoms with Crippen molar-refractivity contribution in [2.24, 2.45) is 5.73 Å². The molecule has 1 aliphatic heterocycles. The van der Waals surface area contributed by atoms with Crippen molar-refractivity contribution in [1.82, 2.24) is 0 Å². The highest BCUT2D eigenvalue weighted by atomic mass is 32.2. The third-order valence-electron chi connectivity index (χ3n) is 7.98. The Hall–Kier alpha value is -4.35. The maximum Gasteiger partial charge on any atom is 0.271 e. The summed E-state index contributed by atoms with van der Waals surface area (Å²) in [6.07, 6.45) is 1.62. The number of thioether (sulfide) groups is 1. The third-order valence-corrected chi connectivity index (χ3v) is 9.04. The number of nitro groups is 1. The van der Waals surface area contributed by atoms with E-state index in [1.165, 1.54) is 22.6 Å². The van der Waals surface area contributed by atoms with Crippen LogP contribution < -0.4 is 10.6 Å². The molecule has 41 heavy (non-hydrogen) atoms. The fourth-order valence-electron chi connectivity index (χ4n) is 5.83. The lowest BCUT2D eigenvalue weighted by molar-refractivity contribution is -0.384. The van der Waals surface area contributed by atoms with Gasteiger partial charge in [0.1, 0.15) is 5.82 Å². The van der Waals surface area contributed by atoms with Crippen molar-refractivity contribution < 1.29 is 9.72 Å². The number of ketones is 1. The summed E-state index contributed by atoms with van der Waals surface area (Å²) in [5.74, 6) is 0.351. The van der Waals surface area contributed by atoms with Crippen LogP contribution in [0.4, 0.5) is 11.4 Å². The number of hydrogen-bond donors (Lipinski definition) is 1. The van der Waals surface area contributed by atoms with Crippen molar-refractivity contribution >= 4 is 28.9 Å². The average Bonchev–Trinajstić information content (AvgIpc) is 2.94. The van der Waals surface area contributed by atoms with Crippen molar-refractivity contribution in [2.45, 2.75) is 63.5 Å². The largest absolute Gasteiger partial charge is 0.384 e. The summed E-state index contributed by atoms with van der Waals surface area (Å²) in [4.78, 5) is 27.7. The molecule has 2 aliphatic rings. The molecule has 0 fully saturated rings. The molecule has 0 amide bonds. The second-order valence-corrected chi connectivity index (χ2v) is 11.8. The highest BCUT2D eigenvalue weighted by Gasteiger charge is 2.41. The molecule has 0 spiro atoms. The molecule has 1 unspecified atom stereocenters. The summed E-state index contributed by atoms with van der Waals surface area (Å²) in [5, 5.41) is 22.1. The zero-order valence-corrected chi connectivity index (χ0v) is 24.5. The number of Topliss-reactive ketones (excluding diaryl/α,β-unsaturated/α-hetero) is 1. The number of nitrogens with two attached hydrogens (primary N) is 1. The molecule has 2 N–H and O–H groups in total. The summed E-state index contributed by atoms with van der Waals surface area (Å²) in [6, 6.07) is 19.6. The zero-order valence-electron chi connectivity index (χ0n) is 23.7. The molecule has 3 aromatic carbocycles. The molecule has 1 atom stereocenters. The molecule has 0 bridgehead atoms. The predicted molar refractivity (Wildman–Crippen MR) is 162 cm³/mol. The summed E-state index contributed by atoms with van der Waals surface area (Å²) < 4.78 is 0. The SMILES string of the molecule is Cc1ccc(SCc2cc(C)cc(C3C(C#N)=C(N)N(c4cc([N+](=O)[O-])ccc4C)C4=C3C(=O)CCC4)c2C)cc1. The number of rotatable bonds is 6. The molecule has 5 rings (SSSR count). The first-order valence-electron chi connectivity index (χ1n) is 13.6. The lowest BCUT2D eigenvalue weighted by Gasteiger charge is -2.40. The van der Waals surface area contributed by atoms with Crippen LogP contribution in [0.5, 0.6) is 0 Å². The normalized spacial score (nSPS) is 17.0. The number of non-ortho nitro benzene ring substituents is 1. The lowest BCUT2D eigenvalue weighted by atomic mass is 9.73. The Bertz CT molecular complexity index is 1680. The number of hydrogen-bond acceptors (Lipinski definition) is 7. The fraction of sp³-hybridized carbons (Fsp3) is 0.273. The van der Waals surface area contributed by atoms with E-state index < -0.39 is 10.8 Å². The first kappa shape index (κ1) is 28.2. The minimum Gasteiger partial charge on any atom is -0.384 e. The van der Waals surface area contributed by atoms with E-state index in [1.54, 1.807) is 22.7 Å². The van der Waals surface area contributed by atoms with E-state index in [9.17, 15) is 20.2 Å². The second-order valence-electron chi connectivity index (χ2n) is 10.8. The molecule has 1 heterocycles. The summed E-state index contributed by atoms with van der Waals surface area (Å²) in [5.41, 5.74) is 14.9. The second kappa shape index (κ2) is 11.3. The summed E-state index contributed by atoms with van der Waals surface area (Å²) >= 11 is 1.75. The Morgan fingerprint density at radius 2 is 1.78 bits per heavy atom. The van der Waals surface area contributed by atoms with Gasteiger partial charge in [0.2, 0.25) is 0 Å². The van der Waals surface area contributed by atoms with Gasteiger partial charge < -0.3 is 5.73 Å². The van der Waals surface area contributed by atoms with Gasteiger partial charge >= 0.3 is 0 Å². The number of nitriles is 1. The molecule has 8 heteroatoms. The van der Waals surface area contributed by atoms with Crippen LogP contribution in [0.3, 0.4) is 0 Å². The topological polar surface area (TPSA) is 113 Å². The number of carbonyl (C=O) groups excluding carboxylic acids is 1. The van der Waals surface area contributed by atoms with Crippen LogP contribution in [-0.2, 0) is 10.5 Å². The Morgan fingerprint density at radius 3 is 2.46 bits per heavy atom. The quantitative estimate of drug-likeness (QED) is 0.188. The third kappa shape index (κ3) is 5.25. The van der Waals surface area contributed by atoms with Gasteiger partial charge in [0.15, 0.2) is 5.78 Å². The first-order chi connectivity index (χ1) is 19.6. The summed E-state index contributed by atoms with van der Waals surface area (Å²) in [7, 11) is 0. The molecule has 208 valence electrons. The van der Waals surface area contributed by atoms with E-state index in [4.69, 9.17) is 5.73 Å². The Labute approximate surface area is 244 Å². The maximum absolute atomic E-state index is 13.7. The molecular formula is C33H32N4O3S. The molecule has 3 aromatic rings. The van der Waals surface area contributed by atoms with Gasteiger partial charge in [-0.15, -0.1) is 11.8 Å². The number of benzene rings is 3. The number of aryl methyl sites for hydroxylation is 3. The molecular weight excluding hydrogens is 532 g/mol. The number of carbonyl (C=O) groups is 1. The zero-order chi connectivity index (χ0) is 29.4. The van der Waals surface area contributed by atoms with E-state index in [1.807, 2.05) is 13.8 Å². The van der Waals surface area contributed by atoms with Crippen molar-refractivity contribution in [1.29, 1.82) is 5.26 Å². The minimum atomic E-state index is -0.596. The fourth-order valence-corrected chi connectivity index (χ4v) is 6.78. The average molecular weight is 565 g/mol. The van der Waals surface area contributed by atoms with Crippen LogP contribution in [0, 0.1) is 49.1 Å². The van der Waals surface area contributed by atoms with Gasteiger partial charge in [0.25, 0.3) is 5.69 Å². The van der Waals surface area contributed by atoms with Gasteiger partial charge in [0.05, 0.1) is 28.2 Å². The van der Waals surface area contributed by atoms with Gasteiger partial charge in [-0.3, -0.25) is 19.8 Å². The van der Waals surface area contributed by atoms with E-state index in [0.717, 1.165) is 39.3 Å². The van der Waals surface area contributed by atoms with Crippen LogP contribution in [0.15, 0.2) is 82.2 Å². The van der Waals surface area contributed by atoms with E-state index in [0.29, 0.717) is 30.5 Å². The number of allylic oxidation sites excluding steroid dienone is 3. The highest BCUT2D eigenvalue weighted by molar-refractivity contribution is 7.98. The van der Waals surface area contributed by atoms with Crippen LogP contribution in [0.2, 0.25) is 0 Å².